The normalized spacial score (nSPS) is 14.0. The van der Waals surface area contributed by atoms with Crippen molar-refractivity contribution < 1.29 is 53.9 Å². The summed E-state index contributed by atoms with van der Waals surface area (Å²) >= 11 is 0. The van der Waals surface area contributed by atoms with Gasteiger partial charge in [-0.15, -0.1) is 0 Å². The maximum atomic E-state index is 14.6. The van der Waals surface area contributed by atoms with Gasteiger partial charge >= 0.3 is 18.5 Å². The Hall–Kier alpha value is -15.8. The molecule has 0 unspecified atom stereocenters. The zero-order valence-electron chi connectivity index (χ0n) is 73.1. The number of pyridine rings is 9. The maximum absolute atomic E-state index is 14.6. The van der Waals surface area contributed by atoms with Gasteiger partial charge in [0, 0.05) is 235 Å². The monoisotopic (exact) mass is 1820 g/mol. The molecule has 9 aromatic carbocycles. The lowest BCUT2D eigenvalue weighted by Gasteiger charge is -2.37. The fraction of sp³-hybridized carbons (Fsp3) is 0.200. The van der Waals surface area contributed by atoms with E-state index in [9.17, 15) is 68.3 Å². The number of hydrogen-bond acceptors (Lipinski definition) is 15. The summed E-state index contributed by atoms with van der Waals surface area (Å²) in [5, 5.41) is 6.66. The molecular formula is C105H84F9N15O6. The Kier molecular flexibility index (Phi) is 23.7. The third-order valence-electron chi connectivity index (χ3n) is 25.4. The Morgan fingerprint density at radius 3 is 0.785 bits per heavy atom. The van der Waals surface area contributed by atoms with E-state index in [2.05, 4.69) is 29.9 Å². The van der Waals surface area contributed by atoms with Crippen LogP contribution >= 0.6 is 0 Å². The first-order valence-corrected chi connectivity index (χ1v) is 44.3. The number of amides is 3. The van der Waals surface area contributed by atoms with Crippen molar-refractivity contribution in [1.29, 1.82) is 0 Å². The number of aromatic nitrogens is 9. The topological polar surface area (TPSA) is 214 Å². The summed E-state index contributed by atoms with van der Waals surface area (Å²) in [5.41, 5.74) is 7.43. The average molecular weight is 1820 g/mol. The third-order valence-corrected chi connectivity index (χ3v) is 25.4. The molecule has 21 rings (SSSR count). The van der Waals surface area contributed by atoms with Crippen molar-refractivity contribution in [2.24, 2.45) is 0 Å². The molecule has 3 fully saturated rings. The molecule has 3 aliphatic heterocycles. The second kappa shape index (κ2) is 36.1. The minimum absolute atomic E-state index is 0.0156. The molecule has 0 N–H and O–H groups in total. The molecule has 3 aliphatic rings. The fourth-order valence-electron chi connectivity index (χ4n) is 18.5. The van der Waals surface area contributed by atoms with E-state index in [4.69, 9.17) is 0 Å². The Morgan fingerprint density at radius 2 is 0.526 bits per heavy atom. The Labute approximate surface area is 764 Å². The molecule has 12 heterocycles. The van der Waals surface area contributed by atoms with E-state index in [-0.39, 0.29) is 91.1 Å². The number of alkyl halides is 9. The van der Waals surface area contributed by atoms with Crippen LogP contribution in [-0.2, 0) is 32.9 Å². The van der Waals surface area contributed by atoms with Crippen molar-refractivity contribution in [2.45, 2.75) is 58.6 Å². The first-order valence-electron chi connectivity index (χ1n) is 44.3. The van der Waals surface area contributed by atoms with E-state index in [1.165, 1.54) is 50.1 Å². The third kappa shape index (κ3) is 17.5. The number of hydrogen-bond donors (Lipinski definition) is 0. The first-order chi connectivity index (χ1) is 65.1. The standard InChI is InChI=1S/3C35H28F3N5O2/c3*1-2-32(44)42-15-13-41(14-16-42)31-11-9-26(19-28(31)35(36,37)38)43-33(45)12-8-24-20-40-30-10-7-22(18-27(30)34(24)43)25-17-23-5-3-4-6-29(23)39-21-25/h3*3-12,17-21H,2,13-16H2,1H3. The minimum Gasteiger partial charge on any atom is -0.367 e. The molecule has 18 aromatic rings. The minimum atomic E-state index is -4.67. The highest BCUT2D eigenvalue weighted by atomic mass is 19.4. The van der Waals surface area contributed by atoms with Crippen LogP contribution in [0.4, 0.5) is 56.6 Å². The van der Waals surface area contributed by atoms with Crippen LogP contribution in [0.1, 0.15) is 56.7 Å². The van der Waals surface area contributed by atoms with E-state index >= 15 is 0 Å². The SMILES string of the molecule is CCC(=O)N1CCN(c2ccc(-n3c(=O)ccc4cnc5ccc(-c6cnc7ccccc7c6)cc5c43)cc2C(F)(F)F)CC1.CCC(=O)N1CCN(c2ccc(-n3c(=O)ccc4cnc5ccc(-c6cnc7ccccc7c6)cc5c43)cc2C(F)(F)F)CC1.CCC(=O)N1CCN(c2ccc(-n3c(=O)ccc4cnc5ccc(-c6cnc7ccccc7c6)cc5c43)cc2C(F)(F)F)CC1. The predicted molar refractivity (Wildman–Crippen MR) is 509 cm³/mol. The number of piperazine rings is 3. The smallest absolute Gasteiger partial charge is 0.367 e. The lowest BCUT2D eigenvalue weighted by molar-refractivity contribution is -0.138. The lowest BCUT2D eigenvalue weighted by atomic mass is 10.0. The molecule has 0 aliphatic carbocycles. The Morgan fingerprint density at radius 1 is 0.267 bits per heavy atom. The van der Waals surface area contributed by atoms with E-state index in [1.807, 2.05) is 146 Å². The van der Waals surface area contributed by atoms with Crippen LogP contribution in [0.25, 0.3) is 149 Å². The van der Waals surface area contributed by atoms with Gasteiger partial charge < -0.3 is 29.4 Å². The fourth-order valence-corrected chi connectivity index (χ4v) is 18.5. The van der Waals surface area contributed by atoms with Crippen molar-refractivity contribution in [1.82, 2.24) is 58.3 Å². The highest BCUT2D eigenvalue weighted by Crippen LogP contribution is 2.45. The van der Waals surface area contributed by atoms with Crippen LogP contribution in [0.2, 0.25) is 0 Å². The lowest BCUT2D eigenvalue weighted by Crippen LogP contribution is -2.49. The van der Waals surface area contributed by atoms with E-state index < -0.39 is 51.9 Å². The molecule has 0 atom stereocenters. The maximum Gasteiger partial charge on any atom is 0.418 e. The molecule has 3 saturated heterocycles. The number of carbonyl (C=O) groups excluding carboxylic acids is 3. The molecule has 3 amide bonds. The number of rotatable bonds is 12. The summed E-state index contributed by atoms with van der Waals surface area (Å²) in [6.07, 6.45) is -2.73. The van der Waals surface area contributed by atoms with Gasteiger partial charge in [0.15, 0.2) is 0 Å². The zero-order valence-corrected chi connectivity index (χ0v) is 73.1. The molecule has 0 bridgehead atoms. The number of benzene rings is 9. The summed E-state index contributed by atoms with van der Waals surface area (Å²) in [7, 11) is 0. The average Bonchev–Trinajstić information content (AvgIpc) is 0.752. The van der Waals surface area contributed by atoms with Gasteiger partial charge in [0.2, 0.25) is 17.7 Å². The van der Waals surface area contributed by atoms with E-state index in [0.29, 0.717) is 124 Å². The van der Waals surface area contributed by atoms with Gasteiger partial charge in [0.1, 0.15) is 0 Å². The number of anilines is 3. The number of fused-ring (bicyclic) bond motifs is 12. The van der Waals surface area contributed by atoms with Crippen molar-refractivity contribution >= 4 is 133 Å². The van der Waals surface area contributed by atoms with Gasteiger partial charge in [-0.1, -0.05) is 93.6 Å². The van der Waals surface area contributed by atoms with Crippen molar-refractivity contribution in [2.75, 3.05) is 93.2 Å². The highest BCUT2D eigenvalue weighted by Gasteiger charge is 2.40. The summed E-state index contributed by atoms with van der Waals surface area (Å²) < 4.78 is 135. The molecule has 9 aromatic heterocycles. The highest BCUT2D eigenvalue weighted by molar-refractivity contribution is 6.09. The van der Waals surface area contributed by atoms with Crippen LogP contribution in [0.3, 0.4) is 0 Å². The molecule has 0 radical (unpaired) electrons. The van der Waals surface area contributed by atoms with Gasteiger partial charge in [-0.25, -0.2) is 0 Å². The van der Waals surface area contributed by atoms with Crippen LogP contribution in [0.15, 0.2) is 288 Å². The molecule has 678 valence electrons. The Balaban J connectivity index is 0.000000130. The van der Waals surface area contributed by atoms with Crippen LogP contribution < -0.4 is 31.4 Å². The summed E-state index contributed by atoms with van der Waals surface area (Å²) in [6.45, 7) is 9.10. The van der Waals surface area contributed by atoms with Crippen LogP contribution in [0, 0.1) is 0 Å². The summed E-state index contributed by atoms with van der Waals surface area (Å²) in [5.74, 6) is -0.0469. The number of para-hydroxylation sites is 3. The number of halogens is 9. The second-order valence-electron chi connectivity index (χ2n) is 33.4. The number of carbonyl (C=O) groups is 3. The Bertz CT molecular complexity index is 7240. The van der Waals surface area contributed by atoms with Gasteiger partial charge in [0.05, 0.1) is 83.4 Å². The molecule has 21 nitrogen and oxygen atoms in total. The van der Waals surface area contributed by atoms with Crippen molar-refractivity contribution in [3.05, 3.63) is 322 Å². The molecule has 0 spiro atoms. The molecular weight excluding hydrogens is 1740 g/mol. The largest absolute Gasteiger partial charge is 0.418 e. The van der Waals surface area contributed by atoms with Crippen LogP contribution in [0.5, 0.6) is 0 Å². The summed E-state index contributed by atoms with van der Waals surface area (Å²) in [6, 6.07) is 67.5. The van der Waals surface area contributed by atoms with Gasteiger partial charge in [0.25, 0.3) is 16.7 Å². The number of nitrogens with zero attached hydrogens (tertiary/aromatic N) is 15. The van der Waals surface area contributed by atoms with Crippen molar-refractivity contribution in [3.8, 4) is 50.4 Å². The molecule has 0 saturated carbocycles. The van der Waals surface area contributed by atoms with Crippen molar-refractivity contribution in [3.63, 3.8) is 0 Å². The first kappa shape index (κ1) is 88.5. The molecule has 135 heavy (non-hydrogen) atoms. The summed E-state index contributed by atoms with van der Waals surface area (Å²) in [4.78, 5) is 114. The van der Waals surface area contributed by atoms with Gasteiger partial charge in [-0.3, -0.25) is 72.4 Å². The van der Waals surface area contributed by atoms with Crippen LogP contribution in [-0.4, -0.2) is 155 Å². The quantitative estimate of drug-likeness (QED) is 0.0821. The van der Waals surface area contributed by atoms with E-state index in [0.717, 1.165) is 84.3 Å². The van der Waals surface area contributed by atoms with E-state index in [1.54, 1.807) is 124 Å². The van der Waals surface area contributed by atoms with Gasteiger partial charge in [-0.2, -0.15) is 39.5 Å². The van der Waals surface area contributed by atoms with Gasteiger partial charge in [-0.05, 0) is 162 Å². The predicted octanol–water partition coefficient (Wildman–Crippen LogP) is 20.5. The molecule has 30 heteroatoms. The zero-order chi connectivity index (χ0) is 93.9. The second-order valence-corrected chi connectivity index (χ2v) is 33.4.